The Balaban J connectivity index is 2.52. The molecule has 0 radical (unpaired) electrons. The Morgan fingerprint density at radius 1 is 1.83 bits per heavy atom. The SMILES string of the molecule is C=CCN1CCN[C@@H](CC)C1=O. The van der Waals surface area contributed by atoms with Crippen LogP contribution in [0, 0.1) is 0 Å². The maximum Gasteiger partial charge on any atom is 0.240 e. The molecule has 0 saturated carbocycles. The van der Waals surface area contributed by atoms with E-state index in [0.717, 1.165) is 19.5 Å². The highest BCUT2D eigenvalue weighted by Gasteiger charge is 2.25. The van der Waals surface area contributed by atoms with Crippen LogP contribution in [0.5, 0.6) is 0 Å². The molecular formula is C9H16N2O. The van der Waals surface area contributed by atoms with Crippen LogP contribution in [0.3, 0.4) is 0 Å². The van der Waals surface area contributed by atoms with Gasteiger partial charge in [-0.25, -0.2) is 0 Å². The third kappa shape index (κ3) is 1.85. The number of nitrogens with one attached hydrogen (secondary N) is 1. The molecule has 1 aliphatic rings. The zero-order valence-corrected chi connectivity index (χ0v) is 7.55. The molecule has 1 amide bonds. The molecule has 1 fully saturated rings. The lowest BCUT2D eigenvalue weighted by molar-refractivity contribution is -0.135. The monoisotopic (exact) mass is 168 g/mol. The summed E-state index contributed by atoms with van der Waals surface area (Å²) >= 11 is 0. The molecule has 0 aromatic rings. The molecule has 0 spiro atoms. The minimum atomic E-state index is 0.0266. The van der Waals surface area contributed by atoms with Crippen molar-refractivity contribution in [2.75, 3.05) is 19.6 Å². The first-order chi connectivity index (χ1) is 5.79. The van der Waals surface area contributed by atoms with Crippen molar-refractivity contribution in [2.24, 2.45) is 0 Å². The third-order valence-electron chi connectivity index (χ3n) is 2.14. The summed E-state index contributed by atoms with van der Waals surface area (Å²) in [4.78, 5) is 13.4. The van der Waals surface area contributed by atoms with Crippen LogP contribution < -0.4 is 5.32 Å². The first-order valence-electron chi connectivity index (χ1n) is 4.42. The van der Waals surface area contributed by atoms with E-state index < -0.39 is 0 Å². The van der Waals surface area contributed by atoms with Gasteiger partial charge in [-0.15, -0.1) is 6.58 Å². The molecule has 1 N–H and O–H groups in total. The van der Waals surface area contributed by atoms with Crippen LogP contribution in [-0.2, 0) is 4.79 Å². The van der Waals surface area contributed by atoms with E-state index in [-0.39, 0.29) is 11.9 Å². The zero-order chi connectivity index (χ0) is 8.97. The predicted molar refractivity (Wildman–Crippen MR) is 48.9 cm³/mol. The van der Waals surface area contributed by atoms with Gasteiger partial charge in [-0.2, -0.15) is 0 Å². The van der Waals surface area contributed by atoms with Crippen molar-refractivity contribution in [3.8, 4) is 0 Å². The molecule has 68 valence electrons. The summed E-state index contributed by atoms with van der Waals surface area (Å²) < 4.78 is 0. The van der Waals surface area contributed by atoms with E-state index in [9.17, 15) is 4.79 Å². The van der Waals surface area contributed by atoms with Crippen LogP contribution in [0.15, 0.2) is 12.7 Å². The fourth-order valence-electron chi connectivity index (χ4n) is 1.45. The Morgan fingerprint density at radius 2 is 2.58 bits per heavy atom. The quantitative estimate of drug-likeness (QED) is 0.618. The normalized spacial score (nSPS) is 24.2. The summed E-state index contributed by atoms with van der Waals surface area (Å²) in [5.41, 5.74) is 0. The lowest BCUT2D eigenvalue weighted by Gasteiger charge is -2.31. The molecule has 0 unspecified atom stereocenters. The van der Waals surface area contributed by atoms with Crippen molar-refractivity contribution >= 4 is 5.91 Å². The number of nitrogens with zero attached hydrogens (tertiary/aromatic N) is 1. The van der Waals surface area contributed by atoms with Gasteiger partial charge < -0.3 is 10.2 Å². The lowest BCUT2D eigenvalue weighted by Crippen LogP contribution is -2.54. The Hall–Kier alpha value is -0.830. The summed E-state index contributed by atoms with van der Waals surface area (Å²) in [6.07, 6.45) is 2.64. The van der Waals surface area contributed by atoms with Crippen molar-refractivity contribution in [1.82, 2.24) is 10.2 Å². The summed E-state index contributed by atoms with van der Waals surface area (Å²) in [5.74, 6) is 0.212. The highest BCUT2D eigenvalue weighted by Crippen LogP contribution is 2.03. The van der Waals surface area contributed by atoms with Crippen LogP contribution >= 0.6 is 0 Å². The predicted octanol–water partition coefficient (Wildman–Crippen LogP) is 0.383. The van der Waals surface area contributed by atoms with E-state index in [0.29, 0.717) is 6.54 Å². The van der Waals surface area contributed by atoms with Crippen LogP contribution in [0.4, 0.5) is 0 Å². The molecule has 12 heavy (non-hydrogen) atoms. The molecular weight excluding hydrogens is 152 g/mol. The molecule has 1 heterocycles. The van der Waals surface area contributed by atoms with Crippen LogP contribution in [0.25, 0.3) is 0 Å². The Bertz CT molecular complexity index is 179. The van der Waals surface area contributed by atoms with Gasteiger partial charge in [0.1, 0.15) is 0 Å². The lowest BCUT2D eigenvalue weighted by atomic mass is 10.1. The van der Waals surface area contributed by atoms with Gasteiger partial charge in [0.15, 0.2) is 0 Å². The summed E-state index contributed by atoms with van der Waals surface area (Å²) in [7, 11) is 0. The Morgan fingerprint density at radius 3 is 3.17 bits per heavy atom. The number of hydrogen-bond donors (Lipinski definition) is 1. The summed E-state index contributed by atoms with van der Waals surface area (Å²) in [6, 6.07) is 0.0266. The summed E-state index contributed by atoms with van der Waals surface area (Å²) in [6.45, 7) is 8.03. The average molecular weight is 168 g/mol. The van der Waals surface area contributed by atoms with E-state index in [2.05, 4.69) is 11.9 Å². The topological polar surface area (TPSA) is 32.3 Å². The van der Waals surface area contributed by atoms with Gasteiger partial charge in [0.25, 0.3) is 0 Å². The highest BCUT2D eigenvalue weighted by molar-refractivity contribution is 5.82. The molecule has 0 aromatic carbocycles. The Kier molecular flexibility index (Phi) is 3.29. The largest absolute Gasteiger partial charge is 0.336 e. The molecule has 1 rings (SSSR count). The molecule has 0 bridgehead atoms. The summed E-state index contributed by atoms with van der Waals surface area (Å²) in [5, 5.41) is 3.18. The molecule has 1 aliphatic heterocycles. The Labute approximate surface area is 73.4 Å². The van der Waals surface area contributed by atoms with Crippen molar-refractivity contribution in [2.45, 2.75) is 19.4 Å². The minimum Gasteiger partial charge on any atom is -0.336 e. The van der Waals surface area contributed by atoms with Gasteiger partial charge in [-0.1, -0.05) is 13.0 Å². The second-order valence-corrected chi connectivity index (χ2v) is 2.99. The van der Waals surface area contributed by atoms with Crippen molar-refractivity contribution in [3.63, 3.8) is 0 Å². The number of carbonyl (C=O) groups is 1. The van der Waals surface area contributed by atoms with Gasteiger partial charge in [-0.05, 0) is 6.42 Å². The number of rotatable bonds is 3. The van der Waals surface area contributed by atoms with Crippen molar-refractivity contribution in [3.05, 3.63) is 12.7 Å². The van der Waals surface area contributed by atoms with E-state index in [1.807, 2.05) is 11.8 Å². The van der Waals surface area contributed by atoms with Gasteiger partial charge in [0, 0.05) is 19.6 Å². The molecule has 1 saturated heterocycles. The number of hydrogen-bond acceptors (Lipinski definition) is 2. The fraction of sp³-hybridized carbons (Fsp3) is 0.667. The number of piperazine rings is 1. The zero-order valence-electron chi connectivity index (χ0n) is 7.55. The second kappa shape index (κ2) is 4.26. The molecule has 3 heteroatoms. The van der Waals surface area contributed by atoms with Crippen molar-refractivity contribution in [1.29, 1.82) is 0 Å². The van der Waals surface area contributed by atoms with E-state index in [1.54, 1.807) is 6.08 Å². The fourth-order valence-corrected chi connectivity index (χ4v) is 1.45. The van der Waals surface area contributed by atoms with Gasteiger partial charge >= 0.3 is 0 Å². The average Bonchev–Trinajstić information content (AvgIpc) is 2.09. The van der Waals surface area contributed by atoms with Crippen LogP contribution in [0.2, 0.25) is 0 Å². The first kappa shape index (κ1) is 9.26. The second-order valence-electron chi connectivity index (χ2n) is 2.99. The minimum absolute atomic E-state index is 0.0266. The van der Waals surface area contributed by atoms with E-state index in [1.165, 1.54) is 0 Å². The van der Waals surface area contributed by atoms with E-state index >= 15 is 0 Å². The first-order valence-corrected chi connectivity index (χ1v) is 4.42. The van der Waals surface area contributed by atoms with Gasteiger partial charge in [0.05, 0.1) is 6.04 Å². The van der Waals surface area contributed by atoms with Crippen LogP contribution in [0.1, 0.15) is 13.3 Å². The molecule has 1 atom stereocenters. The van der Waals surface area contributed by atoms with Gasteiger partial charge in [0.2, 0.25) is 5.91 Å². The molecule has 0 aromatic heterocycles. The number of amides is 1. The highest BCUT2D eigenvalue weighted by atomic mass is 16.2. The number of carbonyl (C=O) groups excluding carboxylic acids is 1. The van der Waals surface area contributed by atoms with Crippen LogP contribution in [-0.4, -0.2) is 36.5 Å². The standard InChI is InChI=1S/C9H16N2O/c1-3-6-11-7-5-10-8(4-2)9(11)12/h3,8,10H,1,4-7H2,2H3/t8-/m0/s1. The third-order valence-corrected chi connectivity index (χ3v) is 2.14. The molecule has 0 aliphatic carbocycles. The maximum atomic E-state index is 11.6. The van der Waals surface area contributed by atoms with E-state index in [4.69, 9.17) is 0 Å². The maximum absolute atomic E-state index is 11.6. The molecule has 3 nitrogen and oxygen atoms in total. The van der Waals surface area contributed by atoms with Gasteiger partial charge in [-0.3, -0.25) is 4.79 Å². The smallest absolute Gasteiger partial charge is 0.240 e. The van der Waals surface area contributed by atoms with Crippen molar-refractivity contribution < 1.29 is 4.79 Å².